The molecule has 3 unspecified atom stereocenters. The minimum atomic E-state index is -3.50. The second-order valence-corrected chi connectivity index (χ2v) is 7.61. The highest BCUT2D eigenvalue weighted by Crippen LogP contribution is 2.44. The number of rotatable bonds is 3. The molecular formula is C14H17NO4S. The number of carboxylic acids is 1. The summed E-state index contributed by atoms with van der Waals surface area (Å²) in [6, 6.07) is 6.63. The fourth-order valence-corrected chi connectivity index (χ4v) is 5.06. The first-order chi connectivity index (χ1) is 9.39. The zero-order chi connectivity index (χ0) is 14.5. The minimum Gasteiger partial charge on any atom is -0.481 e. The van der Waals surface area contributed by atoms with Crippen LogP contribution in [0.5, 0.6) is 0 Å². The molecule has 1 heterocycles. The molecule has 1 aliphatic heterocycles. The summed E-state index contributed by atoms with van der Waals surface area (Å²) in [7, 11) is -3.50. The summed E-state index contributed by atoms with van der Waals surface area (Å²) in [5, 5.41) is 9.10. The van der Waals surface area contributed by atoms with Gasteiger partial charge in [-0.05, 0) is 37.8 Å². The molecule has 20 heavy (non-hydrogen) atoms. The fraction of sp³-hybridized carbons (Fsp3) is 0.500. The predicted molar refractivity (Wildman–Crippen MR) is 72.7 cm³/mol. The average Bonchev–Trinajstić information content (AvgIpc) is 2.99. The van der Waals surface area contributed by atoms with E-state index >= 15 is 0 Å². The van der Waals surface area contributed by atoms with Crippen LogP contribution >= 0.6 is 0 Å². The molecule has 3 atom stereocenters. The summed E-state index contributed by atoms with van der Waals surface area (Å²) in [5.74, 6) is -1.23. The molecule has 2 bridgehead atoms. The number of fused-ring (bicyclic) bond motifs is 2. The van der Waals surface area contributed by atoms with Crippen LogP contribution in [0.2, 0.25) is 0 Å². The van der Waals surface area contributed by atoms with E-state index in [0.29, 0.717) is 24.3 Å². The van der Waals surface area contributed by atoms with Gasteiger partial charge in [0.25, 0.3) is 0 Å². The quantitative estimate of drug-likeness (QED) is 0.916. The van der Waals surface area contributed by atoms with Crippen molar-refractivity contribution in [3.8, 4) is 0 Å². The first-order valence-electron chi connectivity index (χ1n) is 6.71. The lowest BCUT2D eigenvalue weighted by Gasteiger charge is -2.29. The van der Waals surface area contributed by atoms with Crippen LogP contribution in [-0.2, 0) is 14.8 Å². The van der Waals surface area contributed by atoms with Crippen molar-refractivity contribution >= 4 is 16.0 Å². The number of hydrogen-bond donors (Lipinski definition) is 1. The molecule has 0 amide bonds. The van der Waals surface area contributed by atoms with E-state index in [2.05, 4.69) is 0 Å². The third kappa shape index (κ3) is 2.03. The standard InChI is InChI=1S/C14H17NO4S/c1-9-2-4-12(5-3-9)20(18,19)15-8-10-6-11(15)7-13(10)14(16)17/h2-5,10-11,13H,6-8H2,1H3,(H,16,17). The van der Waals surface area contributed by atoms with Crippen molar-refractivity contribution in [2.45, 2.75) is 30.7 Å². The van der Waals surface area contributed by atoms with Gasteiger partial charge in [-0.2, -0.15) is 4.31 Å². The summed E-state index contributed by atoms with van der Waals surface area (Å²) in [6.07, 6.45) is 1.10. The molecule has 3 rings (SSSR count). The predicted octanol–water partition coefficient (Wildman–Crippen LogP) is 1.48. The van der Waals surface area contributed by atoms with E-state index in [1.807, 2.05) is 6.92 Å². The van der Waals surface area contributed by atoms with Crippen molar-refractivity contribution in [2.75, 3.05) is 6.54 Å². The number of carbonyl (C=O) groups is 1. The zero-order valence-corrected chi connectivity index (χ0v) is 12.0. The number of sulfonamides is 1. The maximum atomic E-state index is 12.6. The Kier molecular flexibility index (Phi) is 3.10. The van der Waals surface area contributed by atoms with Crippen LogP contribution in [0, 0.1) is 18.8 Å². The van der Waals surface area contributed by atoms with Crippen molar-refractivity contribution < 1.29 is 18.3 Å². The van der Waals surface area contributed by atoms with Crippen LogP contribution in [-0.4, -0.2) is 36.4 Å². The normalized spacial score (nSPS) is 29.8. The Morgan fingerprint density at radius 3 is 2.40 bits per heavy atom. The van der Waals surface area contributed by atoms with E-state index in [-0.39, 0.29) is 17.9 Å². The van der Waals surface area contributed by atoms with Crippen LogP contribution in [0.4, 0.5) is 0 Å². The molecular weight excluding hydrogens is 278 g/mol. The number of aryl methyl sites for hydroxylation is 1. The van der Waals surface area contributed by atoms with Crippen molar-refractivity contribution in [3.05, 3.63) is 29.8 Å². The third-order valence-electron chi connectivity index (χ3n) is 4.44. The average molecular weight is 295 g/mol. The third-order valence-corrected chi connectivity index (χ3v) is 6.37. The molecule has 0 radical (unpaired) electrons. The minimum absolute atomic E-state index is 0.0438. The van der Waals surface area contributed by atoms with E-state index in [9.17, 15) is 13.2 Å². The second kappa shape index (κ2) is 4.56. The van der Waals surface area contributed by atoms with Crippen molar-refractivity contribution in [1.82, 2.24) is 4.31 Å². The maximum Gasteiger partial charge on any atom is 0.306 e. The number of aliphatic carboxylic acids is 1. The number of benzene rings is 1. The van der Waals surface area contributed by atoms with Gasteiger partial charge in [0, 0.05) is 12.6 Å². The fourth-order valence-electron chi connectivity index (χ4n) is 3.36. The second-order valence-electron chi connectivity index (χ2n) is 5.72. The molecule has 1 saturated carbocycles. The van der Waals surface area contributed by atoms with E-state index in [0.717, 1.165) is 5.56 Å². The Morgan fingerprint density at radius 1 is 1.25 bits per heavy atom. The highest BCUT2D eigenvalue weighted by Gasteiger charge is 2.51. The number of hydrogen-bond acceptors (Lipinski definition) is 3. The van der Waals surface area contributed by atoms with Gasteiger partial charge < -0.3 is 5.11 Å². The maximum absolute atomic E-state index is 12.6. The molecule has 108 valence electrons. The topological polar surface area (TPSA) is 74.7 Å². The van der Waals surface area contributed by atoms with Crippen LogP contribution in [0.3, 0.4) is 0 Å². The smallest absolute Gasteiger partial charge is 0.306 e. The molecule has 1 aromatic carbocycles. The summed E-state index contributed by atoms with van der Waals surface area (Å²) >= 11 is 0. The summed E-state index contributed by atoms with van der Waals surface area (Å²) in [5.41, 5.74) is 1.01. The first kappa shape index (κ1) is 13.6. The molecule has 1 saturated heterocycles. The molecule has 1 aliphatic carbocycles. The summed E-state index contributed by atoms with van der Waals surface area (Å²) in [6.45, 7) is 2.24. The molecule has 2 aliphatic rings. The van der Waals surface area contributed by atoms with Gasteiger partial charge >= 0.3 is 5.97 Å². The van der Waals surface area contributed by atoms with Gasteiger partial charge in [0.15, 0.2) is 0 Å². The van der Waals surface area contributed by atoms with Crippen molar-refractivity contribution in [2.24, 2.45) is 11.8 Å². The highest BCUT2D eigenvalue weighted by atomic mass is 32.2. The summed E-state index contributed by atoms with van der Waals surface area (Å²) < 4.78 is 26.7. The van der Waals surface area contributed by atoms with E-state index in [1.165, 1.54) is 4.31 Å². The van der Waals surface area contributed by atoms with Gasteiger partial charge in [0.1, 0.15) is 0 Å². The molecule has 2 fully saturated rings. The lowest BCUT2D eigenvalue weighted by molar-refractivity contribution is -0.143. The van der Waals surface area contributed by atoms with Crippen LogP contribution in [0.15, 0.2) is 29.2 Å². The van der Waals surface area contributed by atoms with Gasteiger partial charge in [0.05, 0.1) is 10.8 Å². The SMILES string of the molecule is Cc1ccc(S(=O)(=O)N2CC3CC2CC3C(=O)O)cc1. The molecule has 6 heteroatoms. The zero-order valence-electron chi connectivity index (χ0n) is 11.2. The van der Waals surface area contributed by atoms with Gasteiger partial charge in [-0.25, -0.2) is 8.42 Å². The monoisotopic (exact) mass is 295 g/mol. The van der Waals surface area contributed by atoms with Gasteiger partial charge in [-0.3, -0.25) is 4.79 Å². The largest absolute Gasteiger partial charge is 0.481 e. The number of carboxylic acid groups (broad SMARTS) is 1. The van der Waals surface area contributed by atoms with Crippen molar-refractivity contribution in [1.29, 1.82) is 0 Å². The molecule has 1 aromatic rings. The summed E-state index contributed by atoms with van der Waals surface area (Å²) in [4.78, 5) is 11.4. The van der Waals surface area contributed by atoms with Crippen molar-refractivity contribution in [3.63, 3.8) is 0 Å². The number of nitrogens with zero attached hydrogens (tertiary/aromatic N) is 1. The Hall–Kier alpha value is -1.40. The van der Waals surface area contributed by atoms with E-state index in [4.69, 9.17) is 5.11 Å². The molecule has 0 aromatic heterocycles. The van der Waals surface area contributed by atoms with Crippen LogP contribution < -0.4 is 0 Å². The first-order valence-corrected chi connectivity index (χ1v) is 8.15. The van der Waals surface area contributed by atoms with Crippen LogP contribution in [0.1, 0.15) is 18.4 Å². The van der Waals surface area contributed by atoms with Gasteiger partial charge in [-0.15, -0.1) is 0 Å². The van der Waals surface area contributed by atoms with E-state index in [1.54, 1.807) is 24.3 Å². The lowest BCUT2D eigenvalue weighted by Crippen LogP contribution is -2.41. The van der Waals surface area contributed by atoms with Gasteiger partial charge in [0.2, 0.25) is 10.0 Å². The molecule has 0 spiro atoms. The molecule has 1 N–H and O–H groups in total. The Labute approximate surface area is 118 Å². The van der Waals surface area contributed by atoms with Gasteiger partial charge in [-0.1, -0.05) is 17.7 Å². The Balaban J connectivity index is 1.85. The Morgan fingerprint density at radius 2 is 1.90 bits per heavy atom. The Bertz CT molecular complexity index is 638. The highest BCUT2D eigenvalue weighted by molar-refractivity contribution is 7.89. The lowest BCUT2D eigenvalue weighted by atomic mass is 9.96. The van der Waals surface area contributed by atoms with E-state index < -0.39 is 16.0 Å². The molecule has 5 nitrogen and oxygen atoms in total. The van der Waals surface area contributed by atoms with Crippen LogP contribution in [0.25, 0.3) is 0 Å². The number of piperidine rings is 1.